The molecule has 160 valence electrons. The van der Waals surface area contributed by atoms with Gasteiger partial charge in [-0.1, -0.05) is 26.8 Å². The first kappa shape index (κ1) is 20.9. The Morgan fingerprint density at radius 3 is 2.69 bits per heavy atom. The summed E-state index contributed by atoms with van der Waals surface area (Å²) in [4.78, 5) is 15.6. The van der Waals surface area contributed by atoms with Crippen molar-refractivity contribution in [1.82, 2.24) is 10.2 Å². The Hall–Kier alpha value is -1.39. The van der Waals surface area contributed by atoms with Gasteiger partial charge in [0.1, 0.15) is 0 Å². The molecule has 3 atom stereocenters. The lowest BCUT2D eigenvalue weighted by Crippen LogP contribution is -2.52. The van der Waals surface area contributed by atoms with E-state index in [1.165, 1.54) is 30.4 Å². The molecule has 1 aromatic rings. The summed E-state index contributed by atoms with van der Waals surface area (Å²) < 4.78 is 5.43. The predicted octanol–water partition coefficient (Wildman–Crippen LogP) is 4.20. The second kappa shape index (κ2) is 8.03. The highest BCUT2D eigenvalue weighted by Gasteiger charge is 2.59. The Bertz CT molecular complexity index is 748. The quantitative estimate of drug-likeness (QED) is 0.781. The van der Waals surface area contributed by atoms with E-state index in [0.717, 1.165) is 57.2 Å². The number of nitrogens with zero attached hydrogens (tertiary/aromatic N) is 1. The van der Waals surface area contributed by atoms with Crippen molar-refractivity contribution in [2.24, 2.45) is 16.7 Å². The van der Waals surface area contributed by atoms with Crippen molar-refractivity contribution in [3.8, 4) is 0 Å². The molecule has 2 bridgehead atoms. The van der Waals surface area contributed by atoms with E-state index in [-0.39, 0.29) is 22.8 Å². The molecule has 4 nitrogen and oxygen atoms in total. The van der Waals surface area contributed by atoms with Gasteiger partial charge in [0.2, 0.25) is 0 Å². The van der Waals surface area contributed by atoms with E-state index >= 15 is 0 Å². The molecule has 0 spiro atoms. The van der Waals surface area contributed by atoms with E-state index in [9.17, 15) is 4.79 Å². The van der Waals surface area contributed by atoms with Gasteiger partial charge in [-0.3, -0.25) is 9.69 Å². The third kappa shape index (κ3) is 4.11. The molecule has 29 heavy (non-hydrogen) atoms. The lowest BCUT2D eigenvalue weighted by Gasteiger charge is -2.43. The van der Waals surface area contributed by atoms with Crippen LogP contribution in [-0.4, -0.2) is 49.7 Å². The largest absolute Gasteiger partial charge is 0.379 e. The van der Waals surface area contributed by atoms with Crippen LogP contribution in [0.2, 0.25) is 0 Å². The van der Waals surface area contributed by atoms with Crippen LogP contribution in [0.3, 0.4) is 0 Å². The number of amides is 1. The summed E-state index contributed by atoms with van der Waals surface area (Å²) in [6, 6.07) is 6.52. The maximum absolute atomic E-state index is 13.2. The van der Waals surface area contributed by atoms with Gasteiger partial charge in [-0.2, -0.15) is 0 Å². The van der Waals surface area contributed by atoms with Gasteiger partial charge in [0.15, 0.2) is 0 Å². The Labute approximate surface area is 176 Å². The van der Waals surface area contributed by atoms with Crippen LogP contribution in [0.15, 0.2) is 18.2 Å². The van der Waals surface area contributed by atoms with E-state index in [2.05, 4.69) is 50.0 Å². The number of morpholine rings is 1. The minimum absolute atomic E-state index is 0.103. The number of benzene rings is 1. The van der Waals surface area contributed by atoms with Crippen molar-refractivity contribution in [3.05, 3.63) is 34.9 Å². The zero-order chi connectivity index (χ0) is 20.6. The summed E-state index contributed by atoms with van der Waals surface area (Å²) in [7, 11) is 0. The SMILES string of the molecule is Cc1ccc(C(=O)NC2C(C)(C)[C@@H]3CC[C@@]2(C)C3)cc1CCCN1CCOCC1. The van der Waals surface area contributed by atoms with Gasteiger partial charge in [0.25, 0.3) is 5.91 Å². The first-order chi connectivity index (χ1) is 13.8. The number of rotatable bonds is 6. The topological polar surface area (TPSA) is 41.6 Å². The van der Waals surface area contributed by atoms with Crippen molar-refractivity contribution in [1.29, 1.82) is 0 Å². The summed E-state index contributed by atoms with van der Waals surface area (Å²) in [5.74, 6) is 0.845. The Kier molecular flexibility index (Phi) is 5.78. The number of carbonyl (C=O) groups excluding carboxylic acids is 1. The van der Waals surface area contributed by atoms with Crippen LogP contribution < -0.4 is 5.32 Å². The lowest BCUT2D eigenvalue weighted by molar-refractivity contribution is 0.0374. The first-order valence-corrected chi connectivity index (χ1v) is 11.5. The molecule has 1 amide bonds. The van der Waals surface area contributed by atoms with Gasteiger partial charge in [-0.05, 0) is 85.6 Å². The Morgan fingerprint density at radius 1 is 1.24 bits per heavy atom. The van der Waals surface area contributed by atoms with Gasteiger partial charge in [-0.15, -0.1) is 0 Å². The van der Waals surface area contributed by atoms with Gasteiger partial charge < -0.3 is 10.1 Å². The second-order valence-corrected chi connectivity index (χ2v) is 10.5. The molecule has 1 heterocycles. The monoisotopic (exact) mass is 398 g/mol. The molecule has 0 radical (unpaired) electrons. The zero-order valence-electron chi connectivity index (χ0n) is 18.7. The first-order valence-electron chi connectivity index (χ1n) is 11.5. The van der Waals surface area contributed by atoms with Crippen molar-refractivity contribution < 1.29 is 9.53 Å². The summed E-state index contributed by atoms with van der Waals surface area (Å²) >= 11 is 0. The Morgan fingerprint density at radius 2 is 2.00 bits per heavy atom. The minimum atomic E-state index is 0.103. The van der Waals surface area contributed by atoms with Crippen LogP contribution in [-0.2, 0) is 11.2 Å². The number of ether oxygens (including phenoxy) is 1. The fourth-order valence-corrected chi connectivity index (χ4v) is 6.28. The molecule has 0 aromatic heterocycles. The molecule has 4 rings (SSSR count). The molecule has 1 aromatic carbocycles. The standard InChI is InChI=1S/C25H38N2O2/c1-18-7-8-20(16-19(18)6-5-11-27-12-14-29-15-13-27)22(28)26-23-24(2,3)21-9-10-25(23,4)17-21/h7-8,16,21,23H,5-6,9-15,17H2,1-4H3,(H,26,28)/t21-,23?,25+/m1/s1. The van der Waals surface area contributed by atoms with Gasteiger partial charge in [0.05, 0.1) is 13.2 Å². The van der Waals surface area contributed by atoms with Crippen molar-refractivity contribution in [3.63, 3.8) is 0 Å². The molecule has 1 N–H and O–H groups in total. The number of hydrogen-bond donors (Lipinski definition) is 1. The number of carbonyl (C=O) groups is 1. The van der Waals surface area contributed by atoms with Crippen molar-refractivity contribution >= 4 is 5.91 Å². The van der Waals surface area contributed by atoms with E-state index in [0.29, 0.717) is 0 Å². The van der Waals surface area contributed by atoms with Crippen LogP contribution >= 0.6 is 0 Å². The van der Waals surface area contributed by atoms with Crippen molar-refractivity contribution in [2.45, 2.75) is 65.8 Å². The maximum atomic E-state index is 13.2. The summed E-state index contributed by atoms with van der Waals surface area (Å²) in [5.41, 5.74) is 3.86. The minimum Gasteiger partial charge on any atom is -0.379 e. The van der Waals surface area contributed by atoms with Gasteiger partial charge in [0, 0.05) is 24.7 Å². The van der Waals surface area contributed by atoms with Crippen LogP contribution in [0.5, 0.6) is 0 Å². The zero-order valence-corrected chi connectivity index (χ0v) is 18.7. The highest BCUT2D eigenvalue weighted by atomic mass is 16.5. The van der Waals surface area contributed by atoms with Gasteiger partial charge in [-0.25, -0.2) is 0 Å². The highest BCUT2D eigenvalue weighted by Crippen LogP contribution is 2.62. The maximum Gasteiger partial charge on any atom is 0.251 e. The van der Waals surface area contributed by atoms with E-state index in [1.54, 1.807) is 0 Å². The van der Waals surface area contributed by atoms with Crippen LogP contribution in [0.25, 0.3) is 0 Å². The molecule has 2 aliphatic carbocycles. The Balaban J connectivity index is 1.39. The third-order valence-corrected chi connectivity index (χ3v) is 8.18. The average molecular weight is 399 g/mol. The van der Waals surface area contributed by atoms with Crippen LogP contribution in [0.1, 0.15) is 67.9 Å². The molecular formula is C25H38N2O2. The molecule has 3 aliphatic rings. The van der Waals surface area contributed by atoms with Crippen molar-refractivity contribution in [2.75, 3.05) is 32.8 Å². The third-order valence-electron chi connectivity index (χ3n) is 8.18. The number of nitrogens with one attached hydrogen (secondary N) is 1. The molecule has 4 heteroatoms. The van der Waals surface area contributed by atoms with Crippen LogP contribution in [0, 0.1) is 23.7 Å². The average Bonchev–Trinajstić information content (AvgIpc) is 3.18. The lowest BCUT2D eigenvalue weighted by atomic mass is 9.68. The van der Waals surface area contributed by atoms with Gasteiger partial charge >= 0.3 is 0 Å². The summed E-state index contributed by atoms with van der Waals surface area (Å²) in [5, 5.41) is 3.45. The molecule has 1 unspecified atom stereocenters. The molecule has 1 saturated heterocycles. The normalized spacial score (nSPS) is 31.2. The van der Waals surface area contributed by atoms with E-state index < -0.39 is 0 Å². The number of aryl methyl sites for hydroxylation is 2. The molecule has 2 saturated carbocycles. The number of hydrogen-bond acceptors (Lipinski definition) is 3. The molecule has 3 fully saturated rings. The summed E-state index contributed by atoms with van der Waals surface area (Å²) in [6.07, 6.45) is 5.96. The molecule has 1 aliphatic heterocycles. The van der Waals surface area contributed by atoms with E-state index in [1.807, 2.05) is 6.07 Å². The fourth-order valence-electron chi connectivity index (χ4n) is 6.28. The smallest absolute Gasteiger partial charge is 0.251 e. The second-order valence-electron chi connectivity index (χ2n) is 10.5. The fraction of sp³-hybridized carbons (Fsp3) is 0.720. The van der Waals surface area contributed by atoms with Crippen LogP contribution in [0.4, 0.5) is 0 Å². The number of fused-ring (bicyclic) bond motifs is 2. The molecular weight excluding hydrogens is 360 g/mol. The predicted molar refractivity (Wildman–Crippen MR) is 117 cm³/mol. The van der Waals surface area contributed by atoms with E-state index in [4.69, 9.17) is 4.74 Å². The summed E-state index contributed by atoms with van der Waals surface area (Å²) in [6.45, 7) is 14.1. The highest BCUT2D eigenvalue weighted by molar-refractivity contribution is 5.94.